The molecule has 2 nitrogen and oxygen atoms in total. The second-order valence-electron chi connectivity index (χ2n) is 4.84. The summed E-state index contributed by atoms with van der Waals surface area (Å²) in [4.78, 5) is 0. The van der Waals surface area contributed by atoms with E-state index in [1.54, 1.807) is 0 Å². The summed E-state index contributed by atoms with van der Waals surface area (Å²) in [7, 11) is 0. The summed E-state index contributed by atoms with van der Waals surface area (Å²) in [6, 6.07) is 8.69. The molecule has 1 aromatic carbocycles. The van der Waals surface area contributed by atoms with Gasteiger partial charge in [0.15, 0.2) is 0 Å². The van der Waals surface area contributed by atoms with Crippen molar-refractivity contribution in [3.63, 3.8) is 0 Å². The van der Waals surface area contributed by atoms with Crippen LogP contribution in [0, 0.1) is 0 Å². The zero-order chi connectivity index (χ0) is 13.4. The highest BCUT2D eigenvalue weighted by molar-refractivity contribution is 5.30. The average Bonchev–Trinajstić information content (AvgIpc) is 2.36. The highest BCUT2D eigenvalue weighted by Gasteiger charge is 2.04. The first-order valence-corrected chi connectivity index (χ1v) is 6.73. The summed E-state index contributed by atoms with van der Waals surface area (Å²) < 4.78 is 5.71. The van der Waals surface area contributed by atoms with Crippen LogP contribution in [0.5, 0.6) is 5.75 Å². The molecule has 1 atom stereocenters. The fourth-order valence-corrected chi connectivity index (χ4v) is 1.66. The van der Waals surface area contributed by atoms with Crippen LogP contribution in [-0.4, -0.2) is 13.2 Å². The van der Waals surface area contributed by atoms with Gasteiger partial charge in [0.25, 0.3) is 0 Å². The first kappa shape index (κ1) is 14.8. The van der Waals surface area contributed by atoms with Gasteiger partial charge in [-0.2, -0.15) is 0 Å². The van der Waals surface area contributed by atoms with Crippen molar-refractivity contribution in [1.29, 1.82) is 0 Å². The lowest BCUT2D eigenvalue weighted by Gasteiger charge is -2.14. The molecule has 0 aliphatic heterocycles. The molecule has 0 amide bonds. The fourth-order valence-electron chi connectivity index (χ4n) is 1.66. The van der Waals surface area contributed by atoms with E-state index in [-0.39, 0.29) is 0 Å². The van der Waals surface area contributed by atoms with Gasteiger partial charge in [-0.25, -0.2) is 0 Å². The van der Waals surface area contributed by atoms with Crippen LogP contribution >= 0.6 is 0 Å². The Kier molecular flexibility index (Phi) is 6.51. The molecule has 0 spiro atoms. The van der Waals surface area contributed by atoms with E-state index >= 15 is 0 Å². The van der Waals surface area contributed by atoms with Crippen LogP contribution in [0.25, 0.3) is 0 Å². The number of allylic oxidation sites excluding steroid dienone is 1. The molecule has 0 fully saturated rings. The molecule has 1 unspecified atom stereocenters. The summed E-state index contributed by atoms with van der Waals surface area (Å²) in [5.74, 6) is 0.940. The van der Waals surface area contributed by atoms with Crippen molar-refractivity contribution in [2.75, 3.05) is 13.2 Å². The number of ether oxygens (including phenoxy) is 1. The fraction of sp³-hybridized carbons (Fsp3) is 0.500. The Bertz CT molecular complexity index is 380. The van der Waals surface area contributed by atoms with Crippen molar-refractivity contribution in [1.82, 2.24) is 5.32 Å². The zero-order valence-electron chi connectivity index (χ0n) is 12.0. The van der Waals surface area contributed by atoms with Crippen molar-refractivity contribution in [2.45, 2.75) is 40.2 Å². The number of nitrogens with one attached hydrogen (secondary N) is 1. The molecule has 0 aliphatic carbocycles. The van der Waals surface area contributed by atoms with Crippen LogP contribution in [-0.2, 0) is 0 Å². The van der Waals surface area contributed by atoms with Crippen LogP contribution in [0.2, 0.25) is 0 Å². The van der Waals surface area contributed by atoms with Gasteiger partial charge >= 0.3 is 0 Å². The van der Waals surface area contributed by atoms with Gasteiger partial charge in [-0.05, 0) is 57.5 Å². The SMILES string of the molecule is CCCNC(C)c1cccc(OCC=C(C)C)c1. The predicted molar refractivity (Wildman–Crippen MR) is 78.1 cm³/mol. The summed E-state index contributed by atoms with van der Waals surface area (Å²) in [5, 5.41) is 3.48. The minimum Gasteiger partial charge on any atom is -0.490 e. The smallest absolute Gasteiger partial charge is 0.120 e. The maximum Gasteiger partial charge on any atom is 0.120 e. The molecule has 1 N–H and O–H groups in total. The van der Waals surface area contributed by atoms with Gasteiger partial charge in [0, 0.05) is 6.04 Å². The Morgan fingerprint density at radius 1 is 1.39 bits per heavy atom. The molecule has 0 bridgehead atoms. The third-order valence-corrected chi connectivity index (χ3v) is 2.80. The zero-order valence-corrected chi connectivity index (χ0v) is 12.0. The van der Waals surface area contributed by atoms with E-state index in [0.717, 1.165) is 18.7 Å². The van der Waals surface area contributed by atoms with Crippen molar-refractivity contribution in [3.8, 4) is 5.75 Å². The van der Waals surface area contributed by atoms with Crippen LogP contribution in [0.15, 0.2) is 35.9 Å². The molecule has 1 aromatic rings. The molecule has 0 heterocycles. The Balaban J connectivity index is 2.58. The van der Waals surface area contributed by atoms with Crippen LogP contribution in [0.1, 0.15) is 45.7 Å². The van der Waals surface area contributed by atoms with E-state index in [2.05, 4.69) is 57.3 Å². The standard InChI is InChI=1S/C16H25NO/c1-5-10-17-14(4)15-7-6-8-16(12-15)18-11-9-13(2)3/h6-9,12,14,17H,5,10-11H2,1-4H3. The number of hydrogen-bond acceptors (Lipinski definition) is 2. The van der Waals surface area contributed by atoms with Crippen molar-refractivity contribution in [3.05, 3.63) is 41.5 Å². The summed E-state index contributed by atoms with van der Waals surface area (Å²) in [6.07, 6.45) is 3.24. The minimum atomic E-state index is 0.372. The van der Waals surface area contributed by atoms with E-state index in [1.165, 1.54) is 11.1 Å². The number of rotatable bonds is 7. The summed E-state index contributed by atoms with van der Waals surface area (Å²) >= 11 is 0. The summed E-state index contributed by atoms with van der Waals surface area (Å²) in [5.41, 5.74) is 2.56. The molecule has 1 rings (SSSR count). The second kappa shape index (κ2) is 7.93. The number of benzene rings is 1. The first-order chi connectivity index (χ1) is 8.63. The van der Waals surface area contributed by atoms with Gasteiger partial charge in [0.2, 0.25) is 0 Å². The highest BCUT2D eigenvalue weighted by Crippen LogP contribution is 2.19. The molecule has 18 heavy (non-hydrogen) atoms. The van der Waals surface area contributed by atoms with Gasteiger partial charge in [-0.1, -0.05) is 24.6 Å². The van der Waals surface area contributed by atoms with E-state index in [9.17, 15) is 0 Å². The van der Waals surface area contributed by atoms with Crippen LogP contribution < -0.4 is 10.1 Å². The maximum atomic E-state index is 5.71. The van der Waals surface area contributed by atoms with Crippen LogP contribution in [0.3, 0.4) is 0 Å². The van der Waals surface area contributed by atoms with E-state index < -0.39 is 0 Å². The Hall–Kier alpha value is -1.28. The molecule has 0 saturated carbocycles. The molecule has 0 aromatic heterocycles. The molecule has 0 radical (unpaired) electrons. The Morgan fingerprint density at radius 2 is 2.17 bits per heavy atom. The van der Waals surface area contributed by atoms with E-state index in [1.807, 2.05) is 6.07 Å². The van der Waals surface area contributed by atoms with Gasteiger partial charge in [0.05, 0.1) is 0 Å². The third-order valence-electron chi connectivity index (χ3n) is 2.80. The first-order valence-electron chi connectivity index (χ1n) is 6.73. The van der Waals surface area contributed by atoms with E-state index in [4.69, 9.17) is 4.74 Å². The lowest BCUT2D eigenvalue weighted by Crippen LogP contribution is -2.19. The topological polar surface area (TPSA) is 21.3 Å². The largest absolute Gasteiger partial charge is 0.490 e. The third kappa shape index (κ3) is 5.37. The minimum absolute atomic E-state index is 0.372. The molecule has 0 saturated heterocycles. The number of hydrogen-bond donors (Lipinski definition) is 1. The Labute approximate surface area is 111 Å². The van der Waals surface area contributed by atoms with Crippen molar-refractivity contribution >= 4 is 0 Å². The Morgan fingerprint density at radius 3 is 2.83 bits per heavy atom. The van der Waals surface area contributed by atoms with Gasteiger partial charge in [-0.15, -0.1) is 0 Å². The lowest BCUT2D eigenvalue weighted by atomic mass is 10.1. The van der Waals surface area contributed by atoms with E-state index in [0.29, 0.717) is 12.6 Å². The van der Waals surface area contributed by atoms with Crippen LogP contribution in [0.4, 0.5) is 0 Å². The predicted octanol–water partition coefficient (Wildman–Crippen LogP) is 4.09. The molecule has 100 valence electrons. The van der Waals surface area contributed by atoms with Gasteiger partial charge < -0.3 is 10.1 Å². The molecule has 0 aliphatic rings. The summed E-state index contributed by atoms with van der Waals surface area (Å²) in [6.45, 7) is 10.2. The monoisotopic (exact) mass is 247 g/mol. The highest BCUT2D eigenvalue weighted by atomic mass is 16.5. The maximum absolute atomic E-state index is 5.71. The molecular formula is C16H25NO. The van der Waals surface area contributed by atoms with Gasteiger partial charge in [0.1, 0.15) is 12.4 Å². The van der Waals surface area contributed by atoms with Crippen molar-refractivity contribution < 1.29 is 4.74 Å². The average molecular weight is 247 g/mol. The second-order valence-corrected chi connectivity index (χ2v) is 4.84. The van der Waals surface area contributed by atoms with Crippen molar-refractivity contribution in [2.24, 2.45) is 0 Å². The normalized spacial score (nSPS) is 12.0. The lowest BCUT2D eigenvalue weighted by molar-refractivity contribution is 0.361. The molecular weight excluding hydrogens is 222 g/mol. The quantitative estimate of drug-likeness (QED) is 0.733. The van der Waals surface area contributed by atoms with Gasteiger partial charge in [-0.3, -0.25) is 0 Å². The molecule has 2 heteroatoms.